The van der Waals surface area contributed by atoms with Crippen molar-refractivity contribution >= 4 is 0 Å². The van der Waals surface area contributed by atoms with Crippen molar-refractivity contribution in [3.05, 3.63) is 35.4 Å². The van der Waals surface area contributed by atoms with Gasteiger partial charge in [-0.2, -0.15) is 0 Å². The molecule has 0 bridgehead atoms. The van der Waals surface area contributed by atoms with Crippen molar-refractivity contribution < 1.29 is 21.2 Å². The third kappa shape index (κ3) is 1.76. The van der Waals surface area contributed by atoms with E-state index in [0.29, 0.717) is 30.0 Å². The van der Waals surface area contributed by atoms with E-state index in [1.165, 1.54) is 32.1 Å². The van der Waals surface area contributed by atoms with E-state index in [1.54, 1.807) is 11.1 Å². The molecule has 100 valence electrons. The van der Waals surface area contributed by atoms with Crippen LogP contribution in [0.5, 0.6) is 0 Å². The van der Waals surface area contributed by atoms with E-state index in [0.717, 1.165) is 5.92 Å². The van der Waals surface area contributed by atoms with E-state index in [2.05, 4.69) is 43.0 Å². The van der Waals surface area contributed by atoms with Crippen molar-refractivity contribution in [1.29, 1.82) is 0 Å². The van der Waals surface area contributed by atoms with Gasteiger partial charge >= 0.3 is 122 Å². The van der Waals surface area contributed by atoms with Crippen LogP contribution in [-0.4, -0.2) is 8.35 Å². The molecule has 0 unspecified atom stereocenters. The molecule has 0 radical (unpaired) electrons. The van der Waals surface area contributed by atoms with Gasteiger partial charge in [0.2, 0.25) is 0 Å². The van der Waals surface area contributed by atoms with Gasteiger partial charge < -0.3 is 0 Å². The average Bonchev–Trinajstić information content (AvgIpc) is 2.39. The van der Waals surface area contributed by atoms with Gasteiger partial charge in [-0.1, -0.05) is 0 Å². The molecule has 18 heavy (non-hydrogen) atoms. The third-order valence-electron chi connectivity index (χ3n) is 5.62. The molecule has 3 atom stereocenters. The summed E-state index contributed by atoms with van der Waals surface area (Å²) in [6.07, 6.45) is 7.08. The fourth-order valence-electron chi connectivity index (χ4n) is 4.58. The first-order valence-electron chi connectivity index (χ1n) is 7.19. The van der Waals surface area contributed by atoms with Gasteiger partial charge in [-0.05, 0) is 0 Å². The molecule has 2 aliphatic rings. The SMILES string of the molecule is C[I-][C@]1(C)CCC[C@]2(C)c3ccccc3CC[C@@H]12. The van der Waals surface area contributed by atoms with Crippen LogP contribution in [0.2, 0.25) is 0 Å². The van der Waals surface area contributed by atoms with E-state index in [9.17, 15) is 0 Å². The summed E-state index contributed by atoms with van der Waals surface area (Å²) in [5, 5.41) is 0. The van der Waals surface area contributed by atoms with E-state index in [1.807, 2.05) is 0 Å². The standard InChI is InChI=1S/C17H24I/c1-16-11-6-12-17(2,18-3)15(16)10-9-13-7-4-5-8-14(13)16/h4-5,7-8,15H,6,9-12H2,1-3H3/q-1/t15-,16-,17-/m1/s1. The first-order valence-corrected chi connectivity index (χ1v) is 10.4. The van der Waals surface area contributed by atoms with Crippen LogP contribution in [-0.2, 0) is 11.8 Å². The molecule has 1 saturated carbocycles. The molecular weight excluding hydrogens is 331 g/mol. The van der Waals surface area contributed by atoms with Gasteiger partial charge in [-0.15, -0.1) is 0 Å². The van der Waals surface area contributed by atoms with Gasteiger partial charge in [-0.25, -0.2) is 0 Å². The van der Waals surface area contributed by atoms with Crippen LogP contribution in [0, 0.1) is 5.92 Å². The van der Waals surface area contributed by atoms with Crippen molar-refractivity contribution in [2.45, 2.75) is 54.8 Å². The number of rotatable bonds is 1. The minimum atomic E-state index is 0.334. The Morgan fingerprint density at radius 2 is 1.94 bits per heavy atom. The average molecular weight is 355 g/mol. The summed E-state index contributed by atoms with van der Waals surface area (Å²) in [6.45, 7) is 5.16. The first-order chi connectivity index (χ1) is 8.60. The minimum absolute atomic E-state index is 0.334. The van der Waals surface area contributed by atoms with Crippen LogP contribution < -0.4 is 21.2 Å². The number of hydrogen-bond acceptors (Lipinski definition) is 0. The second-order valence-corrected chi connectivity index (χ2v) is 10.0. The molecule has 3 rings (SSSR count). The van der Waals surface area contributed by atoms with Crippen LogP contribution >= 0.6 is 0 Å². The Labute approximate surface area is 122 Å². The number of alkyl halides is 2. The molecule has 1 aromatic carbocycles. The molecule has 1 aromatic rings. The predicted molar refractivity (Wildman–Crippen MR) is 73.8 cm³/mol. The molecule has 0 N–H and O–H groups in total. The van der Waals surface area contributed by atoms with Crippen molar-refractivity contribution in [1.82, 2.24) is 0 Å². The Hall–Kier alpha value is -0.0500. The van der Waals surface area contributed by atoms with Gasteiger partial charge in [-0.3, -0.25) is 0 Å². The second-order valence-electron chi connectivity index (χ2n) is 6.49. The number of fused-ring (bicyclic) bond motifs is 3. The molecule has 0 aromatic heterocycles. The summed E-state index contributed by atoms with van der Waals surface area (Å²) in [4.78, 5) is 2.51. The normalized spacial score (nSPS) is 39.2. The van der Waals surface area contributed by atoms with E-state index in [4.69, 9.17) is 0 Å². The predicted octanol–water partition coefficient (Wildman–Crippen LogP) is 1.17. The monoisotopic (exact) mass is 355 g/mol. The van der Waals surface area contributed by atoms with E-state index in [-0.39, 0.29) is 0 Å². The Kier molecular flexibility index (Phi) is 3.24. The molecule has 0 amide bonds. The zero-order chi connectivity index (χ0) is 12.8. The maximum absolute atomic E-state index is 2.59. The second kappa shape index (κ2) is 4.50. The summed E-state index contributed by atoms with van der Waals surface area (Å²) in [5.41, 5.74) is 3.79. The number of aryl methyl sites for hydroxylation is 1. The number of benzene rings is 1. The van der Waals surface area contributed by atoms with Crippen molar-refractivity contribution in [3.63, 3.8) is 0 Å². The summed E-state index contributed by atoms with van der Waals surface area (Å²) in [5.74, 6) is 0.937. The fraction of sp³-hybridized carbons (Fsp3) is 0.647. The van der Waals surface area contributed by atoms with E-state index < -0.39 is 0 Å². The van der Waals surface area contributed by atoms with Gasteiger partial charge in [0.15, 0.2) is 0 Å². The van der Waals surface area contributed by atoms with Crippen LogP contribution in [0.3, 0.4) is 0 Å². The van der Waals surface area contributed by atoms with Crippen molar-refractivity contribution in [3.8, 4) is 0 Å². The molecule has 0 nitrogen and oxygen atoms in total. The molecule has 0 saturated heterocycles. The van der Waals surface area contributed by atoms with E-state index >= 15 is 0 Å². The van der Waals surface area contributed by atoms with Gasteiger partial charge in [0, 0.05) is 0 Å². The van der Waals surface area contributed by atoms with Gasteiger partial charge in [0.1, 0.15) is 0 Å². The van der Waals surface area contributed by atoms with Gasteiger partial charge in [0.25, 0.3) is 0 Å². The Morgan fingerprint density at radius 1 is 1.17 bits per heavy atom. The first kappa shape index (κ1) is 13.0. The zero-order valence-electron chi connectivity index (χ0n) is 11.8. The maximum atomic E-state index is 2.59. The summed E-state index contributed by atoms with van der Waals surface area (Å²) < 4.78 is 0.680. The molecular formula is C17H24I-. The van der Waals surface area contributed by atoms with Crippen molar-refractivity contribution in [2.75, 3.05) is 4.93 Å². The molecule has 1 heteroatoms. The Bertz CT molecular complexity index is 453. The van der Waals surface area contributed by atoms with Crippen LogP contribution in [0.1, 0.15) is 50.7 Å². The third-order valence-corrected chi connectivity index (χ3v) is 9.38. The molecule has 1 fully saturated rings. The zero-order valence-corrected chi connectivity index (χ0v) is 14.0. The van der Waals surface area contributed by atoms with Crippen molar-refractivity contribution in [2.24, 2.45) is 5.92 Å². The molecule has 0 aliphatic heterocycles. The Balaban J connectivity index is 2.09. The topological polar surface area (TPSA) is 0 Å². The molecule has 0 spiro atoms. The summed E-state index contributed by atoms with van der Waals surface area (Å²) in [7, 11) is 0. The molecule has 0 heterocycles. The Morgan fingerprint density at radius 3 is 2.72 bits per heavy atom. The fourth-order valence-corrected chi connectivity index (χ4v) is 7.25. The summed E-state index contributed by atoms with van der Waals surface area (Å²) >= 11 is 0.334. The van der Waals surface area contributed by atoms with Crippen LogP contribution in [0.15, 0.2) is 24.3 Å². The van der Waals surface area contributed by atoms with Crippen LogP contribution in [0.4, 0.5) is 0 Å². The van der Waals surface area contributed by atoms with Gasteiger partial charge in [0.05, 0.1) is 0 Å². The van der Waals surface area contributed by atoms with Crippen LogP contribution in [0.25, 0.3) is 0 Å². The quantitative estimate of drug-likeness (QED) is 0.524. The number of hydrogen-bond donors (Lipinski definition) is 0. The molecule has 2 aliphatic carbocycles. The summed E-state index contributed by atoms with van der Waals surface area (Å²) in [6, 6.07) is 9.25. The number of halogens is 1.